The first-order chi connectivity index (χ1) is 7.58. The molecule has 1 aromatic rings. The van der Waals surface area contributed by atoms with Crippen LogP contribution in [0.1, 0.15) is 10.4 Å². The molecule has 0 saturated carbocycles. The molecule has 0 atom stereocenters. The van der Waals surface area contributed by atoms with E-state index in [0.29, 0.717) is 16.1 Å². The summed E-state index contributed by atoms with van der Waals surface area (Å²) in [6.45, 7) is 0. The van der Waals surface area contributed by atoms with Crippen molar-refractivity contribution in [3.05, 3.63) is 15.8 Å². The quantitative estimate of drug-likeness (QED) is 0.393. The molecule has 1 amide bonds. The molecule has 0 fully saturated rings. The van der Waals surface area contributed by atoms with Crippen LogP contribution in [0, 0.1) is 11.3 Å². The van der Waals surface area contributed by atoms with Gasteiger partial charge in [0.05, 0.1) is 24.8 Å². The summed E-state index contributed by atoms with van der Waals surface area (Å²) >= 11 is 2.81. The highest BCUT2D eigenvalue weighted by atomic mass is 127. The van der Waals surface area contributed by atoms with Crippen molar-refractivity contribution in [1.82, 2.24) is 0 Å². The number of thiophene rings is 1. The fourth-order valence-electron chi connectivity index (χ4n) is 1.05. The average Bonchev–Trinajstić information content (AvgIpc) is 2.60. The maximum atomic E-state index is 11.1. The van der Waals surface area contributed by atoms with Crippen LogP contribution in [-0.2, 0) is 16.0 Å². The van der Waals surface area contributed by atoms with Crippen molar-refractivity contribution in [3.63, 3.8) is 0 Å². The van der Waals surface area contributed by atoms with Gasteiger partial charge in [-0.1, -0.05) is 0 Å². The second-order valence-electron chi connectivity index (χ2n) is 2.71. The molecule has 1 rings (SSSR count). The van der Waals surface area contributed by atoms with Gasteiger partial charge in [0.15, 0.2) is 0 Å². The van der Waals surface area contributed by atoms with E-state index in [1.165, 1.54) is 18.4 Å². The zero-order chi connectivity index (χ0) is 12.1. The Bertz CT molecular complexity index is 464. The Morgan fingerprint density at radius 2 is 2.38 bits per heavy atom. The molecular weight excluding hydrogens is 343 g/mol. The van der Waals surface area contributed by atoms with E-state index in [1.54, 1.807) is 28.0 Å². The normalized spacial score (nSPS) is 9.31. The molecule has 1 heterocycles. The molecular formula is C9H7IN2O3S. The molecule has 7 heteroatoms. The summed E-state index contributed by atoms with van der Waals surface area (Å²) in [6.07, 6.45) is 0.0507. The molecule has 0 bridgehead atoms. The number of nitrogens with one attached hydrogen (secondary N) is 1. The summed E-state index contributed by atoms with van der Waals surface area (Å²) in [6, 6.07) is 1.95. The Hall–Kier alpha value is -1.14. The first kappa shape index (κ1) is 12.9. The highest BCUT2D eigenvalue weighted by Gasteiger charge is 2.16. The largest absolute Gasteiger partial charge is 0.469 e. The maximum absolute atomic E-state index is 11.1. The smallest absolute Gasteiger partial charge is 0.310 e. The van der Waals surface area contributed by atoms with E-state index in [4.69, 9.17) is 5.26 Å². The molecule has 0 saturated heterocycles. The average molecular weight is 350 g/mol. The van der Waals surface area contributed by atoms with Crippen molar-refractivity contribution in [2.24, 2.45) is 0 Å². The van der Waals surface area contributed by atoms with Gasteiger partial charge in [0, 0.05) is 32.8 Å². The minimum absolute atomic E-state index is 0.0507. The number of carbonyl (C=O) groups is 2. The number of amides is 1. The maximum Gasteiger partial charge on any atom is 0.310 e. The number of carbonyl (C=O) groups excluding carboxylic acids is 2. The van der Waals surface area contributed by atoms with Gasteiger partial charge in [-0.05, 0) is 0 Å². The van der Waals surface area contributed by atoms with Crippen molar-refractivity contribution in [2.75, 3.05) is 12.4 Å². The van der Waals surface area contributed by atoms with Crippen LogP contribution in [0.2, 0.25) is 0 Å². The van der Waals surface area contributed by atoms with Gasteiger partial charge in [-0.3, -0.25) is 9.59 Å². The summed E-state index contributed by atoms with van der Waals surface area (Å²) < 4.78 is 4.22. The topological polar surface area (TPSA) is 79.2 Å². The first-order valence-electron chi connectivity index (χ1n) is 4.12. The monoisotopic (exact) mass is 350 g/mol. The van der Waals surface area contributed by atoms with Crippen LogP contribution >= 0.6 is 33.9 Å². The Morgan fingerprint density at radius 3 is 2.88 bits per heavy atom. The summed E-state index contributed by atoms with van der Waals surface area (Å²) in [5, 5.41) is 13.0. The fourth-order valence-corrected chi connectivity index (χ4v) is 2.23. The van der Waals surface area contributed by atoms with Crippen LogP contribution in [-0.4, -0.2) is 17.0 Å². The second-order valence-corrected chi connectivity index (χ2v) is 4.65. The molecule has 0 aliphatic heterocycles. The Kier molecular flexibility index (Phi) is 4.70. The summed E-state index contributed by atoms with van der Waals surface area (Å²) in [4.78, 5) is 22.7. The number of nitrogens with zero attached hydrogens (tertiary/aromatic N) is 1. The molecule has 16 heavy (non-hydrogen) atoms. The van der Waals surface area contributed by atoms with E-state index in [2.05, 4.69) is 10.1 Å². The molecule has 5 nitrogen and oxygen atoms in total. The van der Waals surface area contributed by atoms with E-state index in [-0.39, 0.29) is 10.3 Å². The SMILES string of the molecule is COC(=O)Cc1scc(C#N)c1NC(=O)I. The van der Waals surface area contributed by atoms with Gasteiger partial charge in [0.1, 0.15) is 6.07 Å². The third kappa shape index (κ3) is 3.18. The van der Waals surface area contributed by atoms with Crippen LogP contribution in [0.5, 0.6) is 0 Å². The molecule has 1 aromatic heterocycles. The molecule has 0 radical (unpaired) electrons. The number of halogens is 1. The summed E-state index contributed by atoms with van der Waals surface area (Å²) in [5.41, 5.74) is 0.756. The third-order valence-electron chi connectivity index (χ3n) is 1.74. The van der Waals surface area contributed by atoms with E-state index < -0.39 is 5.97 Å². The van der Waals surface area contributed by atoms with Crippen molar-refractivity contribution in [2.45, 2.75) is 6.42 Å². The Morgan fingerprint density at radius 1 is 1.69 bits per heavy atom. The van der Waals surface area contributed by atoms with E-state index in [0.717, 1.165) is 0 Å². The highest BCUT2D eigenvalue weighted by molar-refractivity contribution is 14.1. The van der Waals surface area contributed by atoms with Gasteiger partial charge in [0.2, 0.25) is 0 Å². The number of methoxy groups -OCH3 is 1. The van der Waals surface area contributed by atoms with Crippen LogP contribution in [0.15, 0.2) is 5.38 Å². The zero-order valence-electron chi connectivity index (χ0n) is 8.24. The molecule has 0 unspecified atom stereocenters. The van der Waals surface area contributed by atoms with E-state index in [9.17, 15) is 9.59 Å². The highest BCUT2D eigenvalue weighted by Crippen LogP contribution is 2.29. The molecule has 0 aromatic carbocycles. The van der Waals surface area contributed by atoms with E-state index >= 15 is 0 Å². The fraction of sp³-hybridized carbons (Fsp3) is 0.222. The minimum Gasteiger partial charge on any atom is -0.469 e. The molecule has 0 aliphatic carbocycles. The van der Waals surface area contributed by atoms with Crippen LogP contribution < -0.4 is 5.32 Å². The van der Waals surface area contributed by atoms with Crippen LogP contribution in [0.25, 0.3) is 0 Å². The number of ether oxygens (including phenoxy) is 1. The van der Waals surface area contributed by atoms with Gasteiger partial charge in [-0.15, -0.1) is 11.3 Å². The van der Waals surface area contributed by atoms with Gasteiger partial charge >= 0.3 is 5.97 Å². The van der Waals surface area contributed by atoms with E-state index in [1.807, 2.05) is 6.07 Å². The molecule has 0 aliphatic rings. The molecule has 1 N–H and O–H groups in total. The number of esters is 1. The first-order valence-corrected chi connectivity index (χ1v) is 6.08. The van der Waals surface area contributed by atoms with Crippen molar-refractivity contribution in [1.29, 1.82) is 5.26 Å². The number of rotatable bonds is 3. The number of anilines is 1. The van der Waals surface area contributed by atoms with Gasteiger partial charge < -0.3 is 10.1 Å². The predicted octanol–water partition coefficient (Wildman–Crippen LogP) is 2.30. The van der Waals surface area contributed by atoms with Gasteiger partial charge in [-0.2, -0.15) is 5.26 Å². The zero-order valence-corrected chi connectivity index (χ0v) is 11.2. The third-order valence-corrected chi connectivity index (χ3v) is 3.00. The van der Waals surface area contributed by atoms with Gasteiger partial charge in [-0.25, -0.2) is 0 Å². The standard InChI is InChI=1S/C9H7IN2O3S/c1-15-7(13)2-6-8(12-9(10)14)5(3-11)4-16-6/h4H,2H2,1H3,(H,12,14). The molecule has 0 spiro atoms. The Labute approximate surface area is 110 Å². The van der Waals surface area contributed by atoms with Crippen LogP contribution in [0.3, 0.4) is 0 Å². The van der Waals surface area contributed by atoms with Crippen molar-refractivity contribution in [3.8, 4) is 6.07 Å². The Balaban J connectivity index is 3.00. The lowest BCUT2D eigenvalue weighted by molar-refractivity contribution is -0.139. The van der Waals surface area contributed by atoms with Gasteiger partial charge in [0.25, 0.3) is 3.91 Å². The number of hydrogen-bond acceptors (Lipinski definition) is 5. The lowest BCUT2D eigenvalue weighted by Gasteiger charge is -2.03. The summed E-state index contributed by atoms with van der Waals surface area (Å²) in [7, 11) is 1.29. The second kappa shape index (κ2) is 5.81. The number of hydrogen-bond donors (Lipinski definition) is 1. The predicted molar refractivity (Wildman–Crippen MR) is 67.8 cm³/mol. The van der Waals surface area contributed by atoms with Crippen molar-refractivity contribution < 1.29 is 14.3 Å². The van der Waals surface area contributed by atoms with Crippen LogP contribution in [0.4, 0.5) is 10.5 Å². The minimum atomic E-state index is -0.407. The molecule has 84 valence electrons. The van der Waals surface area contributed by atoms with Crippen molar-refractivity contribution >= 4 is 49.5 Å². The summed E-state index contributed by atoms with van der Waals surface area (Å²) in [5.74, 6) is -0.407. The lowest BCUT2D eigenvalue weighted by Crippen LogP contribution is -2.08. The number of nitriles is 1. The lowest BCUT2D eigenvalue weighted by atomic mass is 10.2.